The molecule has 0 radical (unpaired) electrons. The lowest BCUT2D eigenvalue weighted by molar-refractivity contribution is -0.199. The Morgan fingerprint density at radius 3 is 2.72 bits per heavy atom. The van der Waals surface area contributed by atoms with E-state index in [9.17, 15) is 5.11 Å². The lowest BCUT2D eigenvalue weighted by Crippen LogP contribution is -2.31. The third-order valence-electron chi connectivity index (χ3n) is 8.06. The number of aliphatic hydroxyl groups excluding tert-OH is 1. The smallest absolute Gasteiger partial charge is 0.226 e. The summed E-state index contributed by atoms with van der Waals surface area (Å²) >= 11 is 6.45. The Labute approximate surface area is 212 Å². The van der Waals surface area contributed by atoms with Gasteiger partial charge in [-0.05, 0) is 49.9 Å². The van der Waals surface area contributed by atoms with Gasteiger partial charge >= 0.3 is 0 Å². The van der Waals surface area contributed by atoms with E-state index in [2.05, 4.69) is 15.0 Å². The summed E-state index contributed by atoms with van der Waals surface area (Å²) in [4.78, 5) is 15.6. The maximum Gasteiger partial charge on any atom is 0.226 e. The van der Waals surface area contributed by atoms with E-state index in [0.717, 1.165) is 31.2 Å². The zero-order chi connectivity index (χ0) is 24.8. The molecule has 1 aromatic carbocycles. The number of nitrogens with zero attached hydrogens (tertiary/aromatic N) is 5. The van der Waals surface area contributed by atoms with Crippen molar-refractivity contribution in [3.05, 3.63) is 41.2 Å². The van der Waals surface area contributed by atoms with Gasteiger partial charge in [-0.3, -0.25) is 4.57 Å². The molecule has 5 heterocycles. The number of aliphatic hydroxyl groups is 1. The number of rotatable bonds is 3. The lowest BCUT2D eigenvalue weighted by Gasteiger charge is -2.25. The van der Waals surface area contributed by atoms with Crippen LogP contribution in [0.15, 0.2) is 24.5 Å². The van der Waals surface area contributed by atoms with E-state index >= 15 is 4.39 Å². The third-order valence-corrected chi connectivity index (χ3v) is 8.23. The SMILES string of the molecule is CC1(C)OC2C(O1)[C@@H](CO)O[C@H]2n1cnc2c(N3CC4(CCCC4)c4cccc(F)c43)nc(Cl)nc21. The topological polar surface area (TPSA) is 94.8 Å². The summed E-state index contributed by atoms with van der Waals surface area (Å²) in [7, 11) is 0. The summed E-state index contributed by atoms with van der Waals surface area (Å²) in [6, 6.07) is 5.30. The molecule has 3 aliphatic heterocycles. The van der Waals surface area contributed by atoms with Gasteiger partial charge in [0.05, 0.1) is 18.6 Å². The second-order valence-corrected chi connectivity index (χ2v) is 11.0. The molecule has 0 bridgehead atoms. The minimum atomic E-state index is -0.814. The normalized spacial score (nSPS) is 30.0. The van der Waals surface area contributed by atoms with Gasteiger partial charge in [-0.1, -0.05) is 25.0 Å². The first-order chi connectivity index (χ1) is 17.3. The maximum absolute atomic E-state index is 15.3. The number of hydrogen-bond donors (Lipinski definition) is 1. The summed E-state index contributed by atoms with van der Waals surface area (Å²) in [5.74, 6) is -0.633. The monoisotopic (exact) mass is 515 g/mol. The lowest BCUT2D eigenvalue weighted by atomic mass is 9.81. The predicted molar refractivity (Wildman–Crippen MR) is 129 cm³/mol. The van der Waals surface area contributed by atoms with Crippen LogP contribution in [-0.2, 0) is 19.6 Å². The zero-order valence-corrected chi connectivity index (χ0v) is 20.8. The predicted octanol–water partition coefficient (Wildman–Crippen LogP) is 3.99. The van der Waals surface area contributed by atoms with Gasteiger partial charge in [-0.15, -0.1) is 0 Å². The Kier molecular flexibility index (Phi) is 4.95. The van der Waals surface area contributed by atoms with Gasteiger partial charge in [0, 0.05) is 12.0 Å². The van der Waals surface area contributed by atoms with Crippen molar-refractivity contribution in [2.75, 3.05) is 18.1 Å². The molecule has 0 amide bonds. The number of benzene rings is 1. The highest BCUT2D eigenvalue weighted by atomic mass is 35.5. The first-order valence-electron chi connectivity index (χ1n) is 12.4. The fourth-order valence-corrected chi connectivity index (χ4v) is 6.78. The van der Waals surface area contributed by atoms with Crippen molar-refractivity contribution in [1.29, 1.82) is 0 Å². The average Bonchev–Trinajstić information content (AvgIpc) is 3.64. The number of fused-ring (bicyclic) bond motifs is 4. The van der Waals surface area contributed by atoms with Crippen LogP contribution in [0.4, 0.5) is 15.9 Å². The van der Waals surface area contributed by atoms with Crippen LogP contribution in [0.25, 0.3) is 11.2 Å². The largest absolute Gasteiger partial charge is 0.394 e. The summed E-state index contributed by atoms with van der Waals surface area (Å²) in [5, 5.41) is 9.92. The van der Waals surface area contributed by atoms with E-state index < -0.39 is 30.3 Å². The summed E-state index contributed by atoms with van der Waals surface area (Å²) < 4.78 is 35.3. The quantitative estimate of drug-likeness (QED) is 0.523. The Morgan fingerprint density at radius 1 is 1.17 bits per heavy atom. The molecule has 1 N–H and O–H groups in total. The zero-order valence-electron chi connectivity index (χ0n) is 20.0. The average molecular weight is 516 g/mol. The molecule has 11 heteroatoms. The molecular weight excluding hydrogens is 489 g/mol. The van der Waals surface area contributed by atoms with E-state index in [1.807, 2.05) is 24.8 Å². The first kappa shape index (κ1) is 22.8. The second-order valence-electron chi connectivity index (χ2n) is 10.7. The van der Waals surface area contributed by atoms with Crippen molar-refractivity contribution in [3.8, 4) is 0 Å². The van der Waals surface area contributed by atoms with Crippen molar-refractivity contribution in [2.45, 2.75) is 75.3 Å². The number of aromatic nitrogens is 4. The van der Waals surface area contributed by atoms with Crippen LogP contribution >= 0.6 is 11.6 Å². The Bertz CT molecular complexity index is 1360. The van der Waals surface area contributed by atoms with Crippen LogP contribution in [0.3, 0.4) is 0 Å². The van der Waals surface area contributed by atoms with Gasteiger partial charge in [-0.25, -0.2) is 9.37 Å². The van der Waals surface area contributed by atoms with Gasteiger partial charge in [-0.2, -0.15) is 9.97 Å². The molecule has 190 valence electrons. The van der Waals surface area contributed by atoms with Crippen LogP contribution < -0.4 is 4.90 Å². The second kappa shape index (κ2) is 7.82. The van der Waals surface area contributed by atoms with Crippen LogP contribution in [0, 0.1) is 5.82 Å². The Hall–Kier alpha value is -2.37. The molecule has 2 aromatic heterocycles. The van der Waals surface area contributed by atoms with E-state index in [4.69, 9.17) is 25.8 Å². The maximum atomic E-state index is 15.3. The number of hydrogen-bond acceptors (Lipinski definition) is 8. The highest BCUT2D eigenvalue weighted by Crippen LogP contribution is 2.54. The van der Waals surface area contributed by atoms with E-state index in [1.165, 1.54) is 6.07 Å². The molecule has 4 atom stereocenters. The number of anilines is 2. The van der Waals surface area contributed by atoms with Crippen molar-refractivity contribution in [3.63, 3.8) is 0 Å². The molecular formula is C25H27ClFN5O4. The first-order valence-corrected chi connectivity index (χ1v) is 12.8. The number of imidazole rings is 1. The molecule has 4 aliphatic rings. The molecule has 3 aromatic rings. The molecule has 7 rings (SSSR count). The molecule has 2 saturated heterocycles. The van der Waals surface area contributed by atoms with Crippen LogP contribution in [0.5, 0.6) is 0 Å². The number of para-hydroxylation sites is 1. The minimum absolute atomic E-state index is 0.0293. The summed E-state index contributed by atoms with van der Waals surface area (Å²) in [6.45, 7) is 4.06. The third kappa shape index (κ3) is 3.18. The van der Waals surface area contributed by atoms with Gasteiger partial charge in [0.15, 0.2) is 29.0 Å². The van der Waals surface area contributed by atoms with Crippen molar-refractivity contribution < 1.29 is 23.7 Å². The molecule has 1 saturated carbocycles. The highest BCUT2D eigenvalue weighted by Gasteiger charge is 2.56. The molecule has 3 fully saturated rings. The molecule has 36 heavy (non-hydrogen) atoms. The van der Waals surface area contributed by atoms with Crippen LogP contribution in [0.1, 0.15) is 51.3 Å². The summed E-state index contributed by atoms with van der Waals surface area (Å²) in [6.07, 6.45) is 3.74. The minimum Gasteiger partial charge on any atom is -0.394 e. The molecule has 9 nitrogen and oxygen atoms in total. The Balaban J connectivity index is 1.35. The van der Waals surface area contributed by atoms with Crippen LogP contribution in [0.2, 0.25) is 5.28 Å². The van der Waals surface area contributed by atoms with Crippen molar-refractivity contribution in [1.82, 2.24) is 19.5 Å². The fourth-order valence-electron chi connectivity index (χ4n) is 6.62. The van der Waals surface area contributed by atoms with Crippen molar-refractivity contribution in [2.24, 2.45) is 0 Å². The summed E-state index contributed by atoms with van der Waals surface area (Å²) in [5.41, 5.74) is 2.39. The van der Waals surface area contributed by atoms with Gasteiger partial charge < -0.3 is 24.2 Å². The fraction of sp³-hybridized carbons (Fsp3) is 0.560. The van der Waals surface area contributed by atoms with Crippen molar-refractivity contribution >= 4 is 34.3 Å². The highest BCUT2D eigenvalue weighted by molar-refractivity contribution is 6.28. The van der Waals surface area contributed by atoms with Crippen LogP contribution in [-0.4, -0.2) is 61.9 Å². The van der Waals surface area contributed by atoms with E-state index in [1.54, 1.807) is 17.0 Å². The van der Waals surface area contributed by atoms with E-state index in [-0.39, 0.29) is 23.1 Å². The standard InChI is InChI=1S/C25H27ClFN5O4/c1-24(2)35-18-15(10-33)34-22(19(18)36-24)32-12-28-16-20(29-23(26)30-21(16)32)31-11-25(8-3-4-9-25)13-6-5-7-14(27)17(13)31/h5-7,12,15,18-19,22,33H,3-4,8-11H2,1-2H3/t15-,18?,19?,22-/m1/s1. The Morgan fingerprint density at radius 2 is 1.94 bits per heavy atom. The van der Waals surface area contributed by atoms with Gasteiger partial charge in [0.25, 0.3) is 0 Å². The van der Waals surface area contributed by atoms with E-state index in [0.29, 0.717) is 29.2 Å². The number of ether oxygens (including phenoxy) is 3. The van der Waals surface area contributed by atoms with Gasteiger partial charge in [0.2, 0.25) is 5.28 Å². The molecule has 1 spiro atoms. The molecule has 2 unspecified atom stereocenters. The van der Waals surface area contributed by atoms with Gasteiger partial charge in [0.1, 0.15) is 24.1 Å². The molecule has 1 aliphatic carbocycles. The number of halogens is 2.